The van der Waals surface area contributed by atoms with Gasteiger partial charge in [-0.05, 0) is 91.1 Å². The smallest absolute Gasteiger partial charge is 0.255 e. The lowest BCUT2D eigenvalue weighted by molar-refractivity contribution is -0.205. The quantitative estimate of drug-likeness (QED) is 0.102. The summed E-state index contributed by atoms with van der Waals surface area (Å²) in [5.74, 6) is -0.668. The molecule has 2 N–H and O–H groups in total. The van der Waals surface area contributed by atoms with Gasteiger partial charge >= 0.3 is 0 Å². The SMILES string of the molecule is C=CCN1CC(=O)N2[C@@H](Cc3ccc(O)cc3)C(=O)N(Cc3cccc4c(-c5ccc(NC(=O)c6ccc(N(CC)CC)cc6)cc5)cn(C)c34)C[C@@H]2N1C(=O)CCc1ccccc1. The van der Waals surface area contributed by atoms with Gasteiger partial charge in [-0.2, -0.15) is 0 Å². The molecule has 4 amide bonds. The Hall–Kier alpha value is -7.18. The molecule has 1 aromatic heterocycles. The molecule has 8 rings (SSSR count). The Balaban J connectivity index is 1.07. The van der Waals surface area contributed by atoms with Crippen LogP contribution in [0.4, 0.5) is 11.4 Å². The van der Waals surface area contributed by atoms with Crippen molar-refractivity contribution in [2.24, 2.45) is 7.05 Å². The highest BCUT2D eigenvalue weighted by atomic mass is 16.3. The molecule has 3 heterocycles. The molecule has 12 heteroatoms. The number of aromatic hydroxyl groups is 1. The van der Waals surface area contributed by atoms with Gasteiger partial charge < -0.3 is 29.7 Å². The predicted molar refractivity (Wildman–Crippen MR) is 251 cm³/mol. The molecule has 0 saturated carbocycles. The van der Waals surface area contributed by atoms with Gasteiger partial charge in [0.05, 0.1) is 18.6 Å². The third-order valence-electron chi connectivity index (χ3n) is 12.4. The molecule has 0 radical (unpaired) electrons. The second kappa shape index (κ2) is 19.1. The Morgan fingerprint density at radius 2 is 1.58 bits per heavy atom. The number of fused-ring (bicyclic) bond motifs is 2. The molecular weight excluding hydrogens is 803 g/mol. The molecule has 12 nitrogen and oxygen atoms in total. The number of nitrogens with one attached hydrogen (secondary N) is 1. The molecule has 2 aliphatic rings. The zero-order valence-electron chi connectivity index (χ0n) is 36.7. The van der Waals surface area contributed by atoms with Crippen molar-refractivity contribution in [2.75, 3.05) is 42.9 Å². The Bertz CT molecular complexity index is 2640. The number of benzene rings is 5. The number of rotatable bonds is 15. The predicted octanol–water partition coefficient (Wildman–Crippen LogP) is 7.64. The average Bonchev–Trinajstić information content (AvgIpc) is 3.65. The van der Waals surface area contributed by atoms with Crippen LogP contribution >= 0.6 is 0 Å². The van der Waals surface area contributed by atoms with Crippen molar-refractivity contribution >= 4 is 45.9 Å². The number of aryl methyl sites for hydroxylation is 2. The number of hydrogen-bond acceptors (Lipinski definition) is 7. The maximum absolute atomic E-state index is 14.8. The number of carbonyl (C=O) groups is 4. The first-order chi connectivity index (χ1) is 31.1. The fourth-order valence-electron chi connectivity index (χ4n) is 9.23. The summed E-state index contributed by atoms with van der Waals surface area (Å²) in [7, 11) is 1.99. The van der Waals surface area contributed by atoms with Crippen LogP contribution in [-0.4, -0.2) is 98.1 Å². The van der Waals surface area contributed by atoms with E-state index in [0.717, 1.165) is 57.5 Å². The Morgan fingerprint density at radius 3 is 2.27 bits per heavy atom. The summed E-state index contributed by atoms with van der Waals surface area (Å²) in [5.41, 5.74) is 8.00. The van der Waals surface area contributed by atoms with E-state index in [9.17, 15) is 24.3 Å². The van der Waals surface area contributed by atoms with E-state index in [2.05, 4.69) is 47.5 Å². The van der Waals surface area contributed by atoms with Gasteiger partial charge in [-0.3, -0.25) is 19.2 Å². The molecule has 2 aliphatic heterocycles. The molecule has 2 saturated heterocycles. The minimum atomic E-state index is -0.889. The van der Waals surface area contributed by atoms with Gasteiger partial charge in [0, 0.05) is 80.2 Å². The summed E-state index contributed by atoms with van der Waals surface area (Å²) in [6, 6.07) is 37.1. The number of phenolic OH excluding ortho intramolecular Hbond substituents is 1. The van der Waals surface area contributed by atoms with E-state index >= 15 is 0 Å². The highest BCUT2D eigenvalue weighted by molar-refractivity contribution is 6.05. The van der Waals surface area contributed by atoms with E-state index in [1.807, 2.05) is 98.0 Å². The first kappa shape index (κ1) is 43.5. The zero-order valence-corrected chi connectivity index (χ0v) is 36.7. The lowest BCUT2D eigenvalue weighted by atomic mass is 9.97. The molecule has 328 valence electrons. The maximum Gasteiger partial charge on any atom is 0.255 e. The van der Waals surface area contributed by atoms with Crippen LogP contribution in [0.25, 0.3) is 22.0 Å². The standard InChI is InChI=1S/C52H55N7O5/c1-5-30-57-35-49(62)58-46(31-37-16-27-43(60)28-17-37)52(64)56(34-47(58)59(57)48(61)29-18-36-12-9-8-10-13-36)32-40-14-11-15-44-45(33-54(4)50(40)44)38-19-23-41(24-20-38)53-51(63)39-21-25-42(26-22-39)55(6-2)7-3/h5,8-17,19-28,33,46-47,60H,1,6-7,18,29-32,34-35H2,2-4H3,(H,53,63)/t46-,47-/m0/s1. The van der Waals surface area contributed by atoms with Crippen LogP contribution < -0.4 is 10.2 Å². The topological polar surface area (TPSA) is 122 Å². The van der Waals surface area contributed by atoms with Gasteiger partial charge in [0.25, 0.3) is 5.91 Å². The number of hydrogen-bond donors (Lipinski definition) is 2. The van der Waals surface area contributed by atoms with Crippen LogP contribution in [0, 0.1) is 0 Å². The lowest BCUT2D eigenvalue weighted by Crippen LogP contribution is -2.75. The minimum Gasteiger partial charge on any atom is -0.508 e. The second-order valence-electron chi connectivity index (χ2n) is 16.5. The monoisotopic (exact) mass is 857 g/mol. The number of aromatic nitrogens is 1. The van der Waals surface area contributed by atoms with Gasteiger partial charge in [-0.15, -0.1) is 6.58 Å². The highest BCUT2D eigenvalue weighted by Gasteiger charge is 2.51. The van der Waals surface area contributed by atoms with Crippen molar-refractivity contribution in [3.8, 4) is 16.9 Å². The van der Waals surface area contributed by atoms with Crippen molar-refractivity contribution in [1.29, 1.82) is 0 Å². The summed E-state index contributed by atoms with van der Waals surface area (Å²) < 4.78 is 2.07. The van der Waals surface area contributed by atoms with E-state index in [1.165, 1.54) is 0 Å². The van der Waals surface area contributed by atoms with E-state index in [4.69, 9.17) is 0 Å². The lowest BCUT2D eigenvalue weighted by Gasteiger charge is -2.55. The van der Waals surface area contributed by atoms with Gasteiger partial charge in [-0.1, -0.05) is 78.9 Å². The molecule has 0 unspecified atom stereocenters. The van der Waals surface area contributed by atoms with Gasteiger partial charge in [0.2, 0.25) is 17.7 Å². The fraction of sp³-hybridized carbons (Fsp3) is 0.269. The van der Waals surface area contributed by atoms with E-state index < -0.39 is 12.2 Å². The molecule has 0 spiro atoms. The third-order valence-corrected chi connectivity index (χ3v) is 12.4. The normalized spacial score (nSPS) is 16.5. The third kappa shape index (κ3) is 9.00. The van der Waals surface area contributed by atoms with E-state index in [-0.39, 0.29) is 68.4 Å². The number of carbonyl (C=O) groups excluding carboxylic acids is 4. The Morgan fingerprint density at radius 1 is 0.859 bits per heavy atom. The van der Waals surface area contributed by atoms with Crippen LogP contribution in [0.15, 0.2) is 140 Å². The number of hydrazine groups is 1. The first-order valence-electron chi connectivity index (χ1n) is 22.0. The van der Waals surface area contributed by atoms with Crippen LogP contribution in [0.1, 0.15) is 47.3 Å². The van der Waals surface area contributed by atoms with Crippen molar-refractivity contribution in [3.05, 3.63) is 162 Å². The minimum absolute atomic E-state index is 0.0667. The van der Waals surface area contributed by atoms with Gasteiger partial charge in [0.15, 0.2) is 0 Å². The largest absolute Gasteiger partial charge is 0.508 e. The fourth-order valence-corrected chi connectivity index (χ4v) is 9.23. The molecular formula is C52H55N7O5. The summed E-state index contributed by atoms with van der Waals surface area (Å²) >= 11 is 0. The van der Waals surface area contributed by atoms with Crippen LogP contribution in [-0.2, 0) is 40.8 Å². The first-order valence-corrected chi connectivity index (χ1v) is 22.0. The van der Waals surface area contributed by atoms with Crippen molar-refractivity contribution < 1.29 is 24.3 Å². The molecule has 5 aromatic carbocycles. The summed E-state index contributed by atoms with van der Waals surface area (Å²) in [5, 5.41) is 17.5. The average molecular weight is 858 g/mol. The molecule has 64 heavy (non-hydrogen) atoms. The molecule has 0 aliphatic carbocycles. The molecule has 6 aromatic rings. The zero-order chi connectivity index (χ0) is 44.9. The van der Waals surface area contributed by atoms with Gasteiger partial charge in [-0.25, -0.2) is 10.0 Å². The Labute approximate surface area is 374 Å². The summed E-state index contributed by atoms with van der Waals surface area (Å²) in [4.78, 5) is 62.1. The molecule has 2 fully saturated rings. The molecule has 0 bridgehead atoms. The van der Waals surface area contributed by atoms with Crippen LogP contribution in [0.5, 0.6) is 5.75 Å². The number of para-hydroxylation sites is 1. The highest BCUT2D eigenvalue weighted by Crippen LogP contribution is 2.35. The number of nitrogens with zero attached hydrogens (tertiary/aromatic N) is 6. The van der Waals surface area contributed by atoms with Gasteiger partial charge in [0.1, 0.15) is 18.0 Å². The summed E-state index contributed by atoms with van der Waals surface area (Å²) in [6.07, 6.45) is 3.97. The molecule has 2 atom stereocenters. The summed E-state index contributed by atoms with van der Waals surface area (Å²) in [6.45, 7) is 10.5. The number of piperazine rings is 1. The van der Waals surface area contributed by atoms with Crippen molar-refractivity contribution in [2.45, 2.75) is 51.9 Å². The van der Waals surface area contributed by atoms with Crippen LogP contribution in [0.3, 0.4) is 0 Å². The van der Waals surface area contributed by atoms with E-state index in [0.29, 0.717) is 17.7 Å². The second-order valence-corrected chi connectivity index (χ2v) is 16.5. The van der Waals surface area contributed by atoms with E-state index in [1.54, 1.807) is 50.2 Å². The van der Waals surface area contributed by atoms with Crippen molar-refractivity contribution in [3.63, 3.8) is 0 Å². The Kier molecular flexibility index (Phi) is 12.9. The van der Waals surface area contributed by atoms with Crippen LogP contribution in [0.2, 0.25) is 0 Å². The number of amides is 4. The number of anilines is 2. The maximum atomic E-state index is 14.8. The van der Waals surface area contributed by atoms with Crippen molar-refractivity contribution in [1.82, 2.24) is 24.4 Å². The number of phenols is 1.